The van der Waals surface area contributed by atoms with Crippen LogP contribution in [0.15, 0.2) is 88.9 Å². The van der Waals surface area contributed by atoms with E-state index in [2.05, 4.69) is 31.3 Å². The van der Waals surface area contributed by atoms with Crippen LogP contribution in [0.5, 0.6) is 5.75 Å². The van der Waals surface area contributed by atoms with Crippen molar-refractivity contribution in [2.75, 3.05) is 18.0 Å². The van der Waals surface area contributed by atoms with Gasteiger partial charge < -0.3 is 4.74 Å². The Bertz CT molecular complexity index is 1280. The van der Waals surface area contributed by atoms with Crippen LogP contribution < -0.4 is 14.5 Å². The zero-order chi connectivity index (χ0) is 25.6. The summed E-state index contributed by atoms with van der Waals surface area (Å²) in [7, 11) is -2.51. The fourth-order valence-corrected chi connectivity index (χ4v) is 4.79. The van der Waals surface area contributed by atoms with E-state index in [0.29, 0.717) is 17.1 Å². The Balaban J connectivity index is 1.80. The smallest absolute Gasteiger partial charge is 0.264 e. The quantitative estimate of drug-likeness (QED) is 0.363. The molecule has 35 heavy (non-hydrogen) atoms. The van der Waals surface area contributed by atoms with Crippen molar-refractivity contribution in [3.63, 3.8) is 0 Å². The molecule has 0 heterocycles. The number of nitrogens with one attached hydrogen (secondary N) is 1. The maximum absolute atomic E-state index is 13.4. The van der Waals surface area contributed by atoms with Gasteiger partial charge in [0.1, 0.15) is 12.3 Å². The molecule has 0 saturated heterocycles. The third-order valence-corrected chi connectivity index (χ3v) is 7.28. The van der Waals surface area contributed by atoms with Crippen molar-refractivity contribution in [2.24, 2.45) is 5.10 Å². The molecule has 184 valence electrons. The van der Waals surface area contributed by atoms with Crippen LogP contribution in [0.4, 0.5) is 5.69 Å². The molecule has 0 fully saturated rings. The Morgan fingerprint density at radius 1 is 0.943 bits per heavy atom. The number of hydrazone groups is 1. The molecular formula is C27H31N3O4S. The van der Waals surface area contributed by atoms with Crippen LogP contribution >= 0.6 is 0 Å². The van der Waals surface area contributed by atoms with Crippen molar-refractivity contribution in [1.29, 1.82) is 0 Å². The molecule has 0 spiro atoms. The van der Waals surface area contributed by atoms with Crippen molar-refractivity contribution in [2.45, 2.75) is 38.0 Å². The number of amides is 1. The van der Waals surface area contributed by atoms with E-state index in [-0.39, 0.29) is 10.3 Å². The lowest BCUT2D eigenvalue weighted by Crippen LogP contribution is -2.39. The Morgan fingerprint density at radius 2 is 1.54 bits per heavy atom. The third-order valence-electron chi connectivity index (χ3n) is 5.50. The fraction of sp³-hybridized carbons (Fsp3) is 0.259. The standard InChI is InChI=1S/C27H31N3O4S/c1-20(21-11-13-22(14-12-21)27(2,3)4)28-29-26(31)19-30(23-9-7-6-8-10-23)35(32,33)25-17-15-24(34-5)16-18-25/h6-18H,19H2,1-5H3,(H,29,31)/b28-20-. The molecule has 8 heteroatoms. The molecule has 3 rings (SSSR count). The molecule has 3 aromatic rings. The van der Waals surface area contributed by atoms with Crippen LogP contribution in [0.1, 0.15) is 38.8 Å². The molecule has 1 amide bonds. The summed E-state index contributed by atoms with van der Waals surface area (Å²) in [6.45, 7) is 7.78. The summed E-state index contributed by atoms with van der Waals surface area (Å²) in [6, 6.07) is 22.5. The highest BCUT2D eigenvalue weighted by Crippen LogP contribution is 2.25. The summed E-state index contributed by atoms with van der Waals surface area (Å²) in [5.41, 5.74) is 5.57. The van der Waals surface area contributed by atoms with Crippen LogP contribution in [0.2, 0.25) is 0 Å². The number of hydrogen-bond donors (Lipinski definition) is 1. The lowest BCUT2D eigenvalue weighted by Gasteiger charge is -2.23. The number of methoxy groups -OCH3 is 1. The zero-order valence-corrected chi connectivity index (χ0v) is 21.5. The number of para-hydroxylation sites is 1. The van der Waals surface area contributed by atoms with Gasteiger partial charge in [0.05, 0.1) is 23.4 Å². The van der Waals surface area contributed by atoms with Crippen LogP contribution in [0.25, 0.3) is 0 Å². The monoisotopic (exact) mass is 493 g/mol. The van der Waals surface area contributed by atoms with Gasteiger partial charge in [0.15, 0.2) is 0 Å². The lowest BCUT2D eigenvalue weighted by atomic mass is 9.86. The normalized spacial score (nSPS) is 12.2. The van der Waals surface area contributed by atoms with Gasteiger partial charge in [-0.2, -0.15) is 5.10 Å². The number of ether oxygens (including phenoxy) is 1. The van der Waals surface area contributed by atoms with Gasteiger partial charge in [0, 0.05) is 0 Å². The van der Waals surface area contributed by atoms with Gasteiger partial charge in [-0.3, -0.25) is 9.10 Å². The lowest BCUT2D eigenvalue weighted by molar-refractivity contribution is -0.119. The van der Waals surface area contributed by atoms with Gasteiger partial charge in [-0.15, -0.1) is 0 Å². The van der Waals surface area contributed by atoms with Gasteiger partial charge >= 0.3 is 0 Å². The van der Waals surface area contributed by atoms with Gasteiger partial charge in [0.25, 0.3) is 15.9 Å². The van der Waals surface area contributed by atoms with E-state index in [4.69, 9.17) is 4.74 Å². The average molecular weight is 494 g/mol. The van der Waals surface area contributed by atoms with Crippen LogP contribution in [0.3, 0.4) is 0 Å². The maximum Gasteiger partial charge on any atom is 0.264 e. The summed E-state index contributed by atoms with van der Waals surface area (Å²) in [5.74, 6) is -0.0232. The van der Waals surface area contributed by atoms with Crippen LogP contribution in [-0.2, 0) is 20.2 Å². The second-order valence-corrected chi connectivity index (χ2v) is 10.9. The minimum absolute atomic E-state index is 0.0358. The van der Waals surface area contributed by atoms with E-state index in [1.54, 1.807) is 49.4 Å². The van der Waals surface area contributed by atoms with E-state index in [1.807, 2.05) is 24.3 Å². The van der Waals surface area contributed by atoms with Gasteiger partial charge in [-0.25, -0.2) is 13.8 Å². The number of benzene rings is 3. The van der Waals surface area contributed by atoms with E-state index in [0.717, 1.165) is 9.87 Å². The number of carbonyl (C=O) groups is 1. The predicted octanol–water partition coefficient (Wildman–Crippen LogP) is 4.73. The topological polar surface area (TPSA) is 88.1 Å². The molecule has 0 radical (unpaired) electrons. The first-order valence-corrected chi connectivity index (χ1v) is 12.6. The molecule has 0 aromatic heterocycles. The van der Waals surface area contributed by atoms with E-state index < -0.39 is 22.5 Å². The number of sulfonamides is 1. The first-order chi connectivity index (χ1) is 16.5. The minimum atomic E-state index is -4.02. The summed E-state index contributed by atoms with van der Waals surface area (Å²) in [4.78, 5) is 12.8. The number of anilines is 1. The zero-order valence-electron chi connectivity index (χ0n) is 20.6. The summed E-state index contributed by atoms with van der Waals surface area (Å²) in [6.07, 6.45) is 0. The molecule has 0 saturated carbocycles. The van der Waals surface area contributed by atoms with Gasteiger partial charge in [-0.1, -0.05) is 63.2 Å². The Morgan fingerprint density at radius 3 is 2.09 bits per heavy atom. The Kier molecular flexibility index (Phi) is 7.96. The highest BCUT2D eigenvalue weighted by atomic mass is 32.2. The highest BCUT2D eigenvalue weighted by molar-refractivity contribution is 7.92. The predicted molar refractivity (Wildman–Crippen MR) is 139 cm³/mol. The largest absolute Gasteiger partial charge is 0.497 e. The van der Waals surface area contributed by atoms with E-state index in [1.165, 1.54) is 24.8 Å². The first kappa shape index (κ1) is 26.0. The highest BCUT2D eigenvalue weighted by Gasteiger charge is 2.27. The van der Waals surface area contributed by atoms with Gasteiger partial charge in [0.2, 0.25) is 0 Å². The summed E-state index contributed by atoms with van der Waals surface area (Å²) >= 11 is 0. The number of carbonyl (C=O) groups excluding carboxylic acids is 1. The minimum Gasteiger partial charge on any atom is -0.497 e. The molecular weight excluding hydrogens is 462 g/mol. The molecule has 0 aliphatic rings. The number of nitrogens with zero attached hydrogens (tertiary/aromatic N) is 2. The van der Waals surface area contributed by atoms with Gasteiger partial charge in [-0.05, 0) is 59.9 Å². The molecule has 0 atom stereocenters. The SMILES string of the molecule is COc1ccc(S(=O)(=O)N(CC(=O)N/N=C(/C)c2ccc(C(C)(C)C)cc2)c2ccccc2)cc1. The first-order valence-electron chi connectivity index (χ1n) is 11.2. The van der Waals surface area contributed by atoms with Crippen LogP contribution in [-0.4, -0.2) is 33.7 Å². The Hall–Kier alpha value is -3.65. The van der Waals surface area contributed by atoms with Crippen molar-refractivity contribution in [3.8, 4) is 5.75 Å². The fourth-order valence-electron chi connectivity index (χ4n) is 3.37. The molecule has 0 bridgehead atoms. The summed E-state index contributed by atoms with van der Waals surface area (Å²) < 4.78 is 33.0. The second kappa shape index (κ2) is 10.7. The molecule has 3 aromatic carbocycles. The van der Waals surface area contributed by atoms with Crippen LogP contribution in [0, 0.1) is 0 Å². The number of rotatable bonds is 8. The summed E-state index contributed by atoms with van der Waals surface area (Å²) in [5, 5.41) is 4.19. The second-order valence-electron chi connectivity index (χ2n) is 9.08. The van der Waals surface area contributed by atoms with Crippen molar-refractivity contribution < 1.29 is 17.9 Å². The van der Waals surface area contributed by atoms with E-state index >= 15 is 0 Å². The average Bonchev–Trinajstić information content (AvgIpc) is 2.85. The van der Waals surface area contributed by atoms with Crippen molar-refractivity contribution >= 4 is 27.3 Å². The molecule has 7 nitrogen and oxygen atoms in total. The van der Waals surface area contributed by atoms with E-state index in [9.17, 15) is 13.2 Å². The van der Waals surface area contributed by atoms with Crippen molar-refractivity contribution in [1.82, 2.24) is 5.43 Å². The number of hydrogen-bond acceptors (Lipinski definition) is 5. The van der Waals surface area contributed by atoms with Crippen molar-refractivity contribution in [3.05, 3.63) is 90.0 Å². The Labute approximate surface area is 207 Å². The third kappa shape index (κ3) is 6.48. The molecule has 0 unspecified atom stereocenters. The molecule has 1 N–H and O–H groups in total. The molecule has 0 aliphatic carbocycles. The molecule has 0 aliphatic heterocycles. The maximum atomic E-state index is 13.4.